The van der Waals surface area contributed by atoms with E-state index < -0.39 is 0 Å². The van der Waals surface area contributed by atoms with Gasteiger partial charge in [0.05, 0.1) is 7.11 Å². The van der Waals surface area contributed by atoms with Crippen LogP contribution in [0.25, 0.3) is 10.8 Å². The molecule has 0 bridgehead atoms. The molecular formula is C16H21N3O. The normalized spacial score (nSPS) is 16.1. The fourth-order valence-electron chi connectivity index (χ4n) is 2.84. The third kappa shape index (κ3) is 2.31. The van der Waals surface area contributed by atoms with Gasteiger partial charge in [0, 0.05) is 31.2 Å². The summed E-state index contributed by atoms with van der Waals surface area (Å²) < 4.78 is 5.33. The van der Waals surface area contributed by atoms with Gasteiger partial charge in [0.15, 0.2) is 0 Å². The maximum absolute atomic E-state index is 5.96. The van der Waals surface area contributed by atoms with E-state index in [0.717, 1.165) is 17.0 Å². The molecule has 2 aromatic rings. The largest absolute Gasteiger partial charge is 0.497 e. The third-order valence-electron chi connectivity index (χ3n) is 4.19. The number of nitrogens with two attached hydrogens (primary N) is 1. The standard InChI is InChI=1S/C16H21N3O/c1-19(15(10-17)12-3-4-12)16-14-9-13(20-2)6-5-11(14)7-8-18-16/h5-9,12,15H,3-4,10,17H2,1-2H3. The number of methoxy groups -OCH3 is 1. The monoisotopic (exact) mass is 271 g/mol. The number of fused-ring (bicyclic) bond motifs is 1. The SMILES string of the molecule is COc1ccc2ccnc(N(C)C(CN)C3CC3)c2c1. The second kappa shape index (κ2) is 5.29. The topological polar surface area (TPSA) is 51.4 Å². The molecule has 1 aliphatic carbocycles. The van der Waals surface area contributed by atoms with Gasteiger partial charge in [-0.05, 0) is 42.3 Å². The number of anilines is 1. The van der Waals surface area contributed by atoms with Crippen molar-refractivity contribution in [1.29, 1.82) is 0 Å². The van der Waals surface area contributed by atoms with Crippen LogP contribution in [0.5, 0.6) is 5.75 Å². The molecule has 1 aromatic heterocycles. The summed E-state index contributed by atoms with van der Waals surface area (Å²) in [5, 5.41) is 2.29. The minimum atomic E-state index is 0.374. The molecular weight excluding hydrogens is 250 g/mol. The Balaban J connectivity index is 2.05. The van der Waals surface area contributed by atoms with Crippen molar-refractivity contribution in [3.8, 4) is 5.75 Å². The smallest absolute Gasteiger partial charge is 0.136 e. The van der Waals surface area contributed by atoms with Gasteiger partial charge >= 0.3 is 0 Å². The number of nitrogens with zero attached hydrogens (tertiary/aromatic N) is 2. The highest BCUT2D eigenvalue weighted by Crippen LogP contribution is 2.37. The Morgan fingerprint density at radius 2 is 2.20 bits per heavy atom. The fourth-order valence-corrected chi connectivity index (χ4v) is 2.84. The Labute approximate surface area is 119 Å². The van der Waals surface area contributed by atoms with Gasteiger partial charge in [0.1, 0.15) is 11.6 Å². The molecule has 2 N–H and O–H groups in total. The van der Waals surface area contributed by atoms with Gasteiger partial charge in [-0.2, -0.15) is 0 Å². The molecule has 20 heavy (non-hydrogen) atoms. The summed E-state index contributed by atoms with van der Waals surface area (Å²) in [5.74, 6) is 2.56. The third-order valence-corrected chi connectivity index (χ3v) is 4.19. The van der Waals surface area contributed by atoms with Crippen molar-refractivity contribution in [3.63, 3.8) is 0 Å². The molecule has 0 radical (unpaired) electrons. The number of hydrogen-bond acceptors (Lipinski definition) is 4. The Hall–Kier alpha value is -1.81. The number of rotatable bonds is 5. The van der Waals surface area contributed by atoms with Crippen molar-refractivity contribution in [1.82, 2.24) is 4.98 Å². The molecule has 4 heteroatoms. The van der Waals surface area contributed by atoms with Crippen LogP contribution in [0.4, 0.5) is 5.82 Å². The molecule has 106 valence electrons. The fraction of sp³-hybridized carbons (Fsp3) is 0.438. The summed E-state index contributed by atoms with van der Waals surface area (Å²) in [6.45, 7) is 0.670. The molecule has 1 fully saturated rings. The predicted octanol–water partition coefficient (Wildman–Crippen LogP) is 2.42. The van der Waals surface area contributed by atoms with Gasteiger partial charge in [0.25, 0.3) is 0 Å². The van der Waals surface area contributed by atoms with E-state index >= 15 is 0 Å². The zero-order valence-electron chi connectivity index (χ0n) is 12.0. The number of pyridine rings is 1. The first-order valence-electron chi connectivity index (χ1n) is 7.10. The Morgan fingerprint density at radius 1 is 1.40 bits per heavy atom. The van der Waals surface area contributed by atoms with Crippen LogP contribution in [0.1, 0.15) is 12.8 Å². The zero-order chi connectivity index (χ0) is 14.1. The second-order valence-corrected chi connectivity index (χ2v) is 5.47. The Morgan fingerprint density at radius 3 is 2.85 bits per heavy atom. The van der Waals surface area contributed by atoms with Crippen molar-refractivity contribution in [2.75, 3.05) is 25.6 Å². The van der Waals surface area contributed by atoms with Crippen LogP contribution < -0.4 is 15.4 Å². The maximum Gasteiger partial charge on any atom is 0.136 e. The number of aromatic nitrogens is 1. The van der Waals surface area contributed by atoms with Crippen molar-refractivity contribution >= 4 is 16.6 Å². The molecule has 1 saturated carbocycles. The van der Waals surface area contributed by atoms with E-state index in [2.05, 4.69) is 29.1 Å². The summed E-state index contributed by atoms with van der Waals surface area (Å²) in [7, 11) is 3.78. The zero-order valence-corrected chi connectivity index (χ0v) is 12.0. The van der Waals surface area contributed by atoms with Crippen molar-refractivity contribution in [2.24, 2.45) is 11.7 Å². The van der Waals surface area contributed by atoms with Crippen LogP contribution in [0.2, 0.25) is 0 Å². The average Bonchev–Trinajstić information content (AvgIpc) is 3.31. The Bertz CT molecular complexity index is 610. The molecule has 1 unspecified atom stereocenters. The minimum Gasteiger partial charge on any atom is -0.497 e. The van der Waals surface area contributed by atoms with Gasteiger partial charge in [-0.15, -0.1) is 0 Å². The van der Waals surface area contributed by atoms with Crippen LogP contribution in [-0.2, 0) is 0 Å². The lowest BCUT2D eigenvalue weighted by Crippen LogP contribution is -2.40. The lowest BCUT2D eigenvalue weighted by atomic mass is 10.1. The van der Waals surface area contributed by atoms with E-state index in [-0.39, 0.29) is 0 Å². The molecule has 0 spiro atoms. The van der Waals surface area contributed by atoms with Crippen LogP contribution in [0.3, 0.4) is 0 Å². The summed E-state index contributed by atoms with van der Waals surface area (Å²) in [4.78, 5) is 6.81. The van der Waals surface area contributed by atoms with Gasteiger partial charge < -0.3 is 15.4 Å². The molecule has 4 nitrogen and oxygen atoms in total. The number of benzene rings is 1. The highest BCUT2D eigenvalue weighted by Gasteiger charge is 2.33. The summed E-state index contributed by atoms with van der Waals surface area (Å²) >= 11 is 0. The van der Waals surface area contributed by atoms with Crippen molar-refractivity contribution in [3.05, 3.63) is 30.5 Å². The van der Waals surface area contributed by atoms with E-state index in [1.165, 1.54) is 18.2 Å². The summed E-state index contributed by atoms with van der Waals surface area (Å²) in [6, 6.07) is 8.50. The van der Waals surface area contributed by atoms with Gasteiger partial charge in [-0.3, -0.25) is 0 Å². The average molecular weight is 271 g/mol. The molecule has 0 aliphatic heterocycles. The summed E-state index contributed by atoms with van der Waals surface area (Å²) in [6.07, 6.45) is 4.42. The molecule has 0 amide bonds. The van der Waals surface area contributed by atoms with Crippen LogP contribution in [0.15, 0.2) is 30.5 Å². The first-order valence-corrected chi connectivity index (χ1v) is 7.10. The van der Waals surface area contributed by atoms with Gasteiger partial charge in [-0.1, -0.05) is 6.07 Å². The van der Waals surface area contributed by atoms with E-state index in [4.69, 9.17) is 10.5 Å². The highest BCUT2D eigenvalue weighted by molar-refractivity contribution is 5.93. The first-order chi connectivity index (χ1) is 9.74. The van der Waals surface area contributed by atoms with Gasteiger partial charge in [-0.25, -0.2) is 4.98 Å². The molecule has 1 aromatic carbocycles. The number of likely N-dealkylation sites (N-methyl/N-ethyl adjacent to an activating group) is 1. The second-order valence-electron chi connectivity index (χ2n) is 5.47. The van der Waals surface area contributed by atoms with E-state index in [0.29, 0.717) is 18.5 Å². The van der Waals surface area contributed by atoms with E-state index in [1.807, 2.05) is 18.3 Å². The maximum atomic E-state index is 5.96. The quantitative estimate of drug-likeness (QED) is 0.907. The van der Waals surface area contributed by atoms with Crippen LogP contribution in [0, 0.1) is 5.92 Å². The number of ether oxygens (including phenoxy) is 1. The number of hydrogen-bond donors (Lipinski definition) is 1. The lowest BCUT2D eigenvalue weighted by Gasteiger charge is -2.29. The molecule has 1 heterocycles. The molecule has 1 aliphatic rings. The van der Waals surface area contributed by atoms with Crippen LogP contribution >= 0.6 is 0 Å². The first kappa shape index (κ1) is 13.2. The Kier molecular flexibility index (Phi) is 3.49. The van der Waals surface area contributed by atoms with Gasteiger partial charge in [0.2, 0.25) is 0 Å². The van der Waals surface area contributed by atoms with E-state index in [9.17, 15) is 0 Å². The lowest BCUT2D eigenvalue weighted by molar-refractivity contribution is 0.415. The summed E-state index contributed by atoms with van der Waals surface area (Å²) in [5.41, 5.74) is 5.96. The minimum absolute atomic E-state index is 0.374. The van der Waals surface area contributed by atoms with Crippen LogP contribution in [-0.4, -0.2) is 31.7 Å². The van der Waals surface area contributed by atoms with E-state index in [1.54, 1.807) is 7.11 Å². The van der Waals surface area contributed by atoms with Crippen molar-refractivity contribution in [2.45, 2.75) is 18.9 Å². The predicted molar refractivity (Wildman–Crippen MR) is 82.3 cm³/mol. The molecule has 3 rings (SSSR count). The molecule has 1 atom stereocenters. The molecule has 0 saturated heterocycles. The highest BCUT2D eigenvalue weighted by atomic mass is 16.5. The van der Waals surface area contributed by atoms with Crippen molar-refractivity contribution < 1.29 is 4.74 Å².